The van der Waals surface area contributed by atoms with E-state index in [1.807, 2.05) is 0 Å². The molecule has 0 amide bonds. The van der Waals surface area contributed by atoms with E-state index in [4.69, 9.17) is 14.2 Å². The van der Waals surface area contributed by atoms with Crippen LogP contribution in [-0.2, 0) is 28.6 Å². The van der Waals surface area contributed by atoms with Crippen molar-refractivity contribution in [3.8, 4) is 0 Å². The average molecular weight is 1030 g/mol. The number of ether oxygens (including phenoxy) is 3. The van der Waals surface area contributed by atoms with Gasteiger partial charge in [0.05, 0.1) is 0 Å². The van der Waals surface area contributed by atoms with Crippen LogP contribution in [0.15, 0.2) is 122 Å². The number of carbonyl (C=O) groups excluding carboxylic acids is 3. The van der Waals surface area contributed by atoms with Crippen LogP contribution in [0.3, 0.4) is 0 Å². The first kappa shape index (κ1) is 69.8. The highest BCUT2D eigenvalue weighted by molar-refractivity contribution is 5.71. The van der Waals surface area contributed by atoms with Crippen LogP contribution >= 0.6 is 0 Å². The van der Waals surface area contributed by atoms with E-state index < -0.39 is 6.10 Å². The summed E-state index contributed by atoms with van der Waals surface area (Å²) in [4.78, 5) is 38.2. The first-order chi connectivity index (χ1) is 36.5. The molecule has 0 aliphatic carbocycles. The Labute approximate surface area is 456 Å². The fourth-order valence-corrected chi connectivity index (χ4v) is 8.16. The Bertz CT molecular complexity index is 1550. The van der Waals surface area contributed by atoms with Gasteiger partial charge in [-0.3, -0.25) is 14.4 Å². The molecule has 0 aliphatic rings. The van der Waals surface area contributed by atoms with Gasteiger partial charge in [0.25, 0.3) is 0 Å². The van der Waals surface area contributed by atoms with Crippen LogP contribution in [0.1, 0.15) is 271 Å². The average Bonchev–Trinajstić information content (AvgIpc) is 3.40. The molecule has 420 valence electrons. The van der Waals surface area contributed by atoms with Gasteiger partial charge in [0, 0.05) is 19.3 Å². The van der Waals surface area contributed by atoms with Gasteiger partial charge < -0.3 is 14.2 Å². The SMILES string of the molecule is CC/C=C\C/C=C\C/C=C\C/C=C\C/C=C\CCCCCCCCCCCC(=O)OCC(COC(=O)CCCCCCC/C=C\CCCCC)OC(=O)CCCCCCCC/C=C\C/C=C\C/C=C\C/C=C\CC. The maximum Gasteiger partial charge on any atom is 0.306 e. The summed E-state index contributed by atoms with van der Waals surface area (Å²) in [6.07, 6.45) is 84.8. The minimum atomic E-state index is -0.795. The predicted octanol–water partition coefficient (Wildman–Crippen LogP) is 20.8. The highest BCUT2D eigenvalue weighted by Gasteiger charge is 2.19. The molecule has 0 radical (unpaired) electrons. The monoisotopic (exact) mass is 1020 g/mol. The second-order valence-electron chi connectivity index (χ2n) is 19.8. The number of carbonyl (C=O) groups is 3. The summed E-state index contributed by atoms with van der Waals surface area (Å²) in [7, 11) is 0. The van der Waals surface area contributed by atoms with Crippen LogP contribution in [0.5, 0.6) is 0 Å². The summed E-state index contributed by atoms with van der Waals surface area (Å²) in [5.74, 6) is -0.919. The zero-order chi connectivity index (χ0) is 53.6. The van der Waals surface area contributed by atoms with Gasteiger partial charge in [-0.1, -0.05) is 245 Å². The maximum atomic E-state index is 12.9. The highest BCUT2D eigenvalue weighted by Crippen LogP contribution is 2.15. The van der Waals surface area contributed by atoms with Crippen molar-refractivity contribution in [2.45, 2.75) is 277 Å². The number of allylic oxidation sites excluding steroid dienone is 20. The molecular weight excluding hydrogens is 913 g/mol. The summed E-state index contributed by atoms with van der Waals surface area (Å²) in [5.41, 5.74) is 0. The molecule has 0 aromatic rings. The highest BCUT2D eigenvalue weighted by atomic mass is 16.6. The molecule has 0 fully saturated rings. The van der Waals surface area contributed by atoms with Crippen molar-refractivity contribution >= 4 is 17.9 Å². The minimum absolute atomic E-state index is 0.0920. The molecular formula is C68H112O6. The van der Waals surface area contributed by atoms with Crippen molar-refractivity contribution in [2.24, 2.45) is 0 Å². The van der Waals surface area contributed by atoms with Crippen LogP contribution in [-0.4, -0.2) is 37.2 Å². The van der Waals surface area contributed by atoms with Crippen LogP contribution in [0.25, 0.3) is 0 Å². The Morgan fingerprint density at radius 1 is 0.284 bits per heavy atom. The van der Waals surface area contributed by atoms with Gasteiger partial charge in [-0.2, -0.15) is 0 Å². The van der Waals surface area contributed by atoms with Crippen molar-refractivity contribution in [3.05, 3.63) is 122 Å². The lowest BCUT2D eigenvalue weighted by Crippen LogP contribution is -2.30. The first-order valence-corrected chi connectivity index (χ1v) is 30.5. The van der Waals surface area contributed by atoms with E-state index >= 15 is 0 Å². The Morgan fingerprint density at radius 3 is 0.838 bits per heavy atom. The van der Waals surface area contributed by atoms with Gasteiger partial charge in [0.15, 0.2) is 6.10 Å². The molecule has 1 atom stereocenters. The third-order valence-electron chi connectivity index (χ3n) is 12.7. The van der Waals surface area contributed by atoms with Crippen LogP contribution in [0.4, 0.5) is 0 Å². The van der Waals surface area contributed by atoms with Gasteiger partial charge in [-0.15, -0.1) is 0 Å². The van der Waals surface area contributed by atoms with E-state index in [1.54, 1.807) is 0 Å². The smallest absolute Gasteiger partial charge is 0.306 e. The molecule has 0 saturated heterocycles. The van der Waals surface area contributed by atoms with Gasteiger partial charge in [-0.25, -0.2) is 0 Å². The summed E-state index contributed by atoms with van der Waals surface area (Å²) < 4.78 is 16.9. The van der Waals surface area contributed by atoms with Crippen molar-refractivity contribution in [1.29, 1.82) is 0 Å². The molecule has 0 bridgehead atoms. The van der Waals surface area contributed by atoms with E-state index in [-0.39, 0.29) is 31.1 Å². The van der Waals surface area contributed by atoms with Gasteiger partial charge in [0.2, 0.25) is 0 Å². The van der Waals surface area contributed by atoms with E-state index in [0.29, 0.717) is 19.3 Å². The van der Waals surface area contributed by atoms with Crippen molar-refractivity contribution in [3.63, 3.8) is 0 Å². The second-order valence-corrected chi connectivity index (χ2v) is 19.8. The number of unbranched alkanes of at least 4 members (excludes halogenated alkanes) is 23. The van der Waals surface area contributed by atoms with E-state index in [9.17, 15) is 14.4 Å². The van der Waals surface area contributed by atoms with Crippen LogP contribution in [0.2, 0.25) is 0 Å². The third-order valence-corrected chi connectivity index (χ3v) is 12.7. The lowest BCUT2D eigenvalue weighted by Gasteiger charge is -2.18. The zero-order valence-corrected chi connectivity index (χ0v) is 48.1. The molecule has 0 saturated carbocycles. The lowest BCUT2D eigenvalue weighted by atomic mass is 10.1. The minimum Gasteiger partial charge on any atom is -0.462 e. The normalized spacial score (nSPS) is 13.0. The van der Waals surface area contributed by atoms with E-state index in [0.717, 1.165) is 141 Å². The Balaban J connectivity index is 4.37. The molecule has 0 aromatic carbocycles. The molecule has 6 nitrogen and oxygen atoms in total. The second kappa shape index (κ2) is 61.4. The molecule has 0 rings (SSSR count). The lowest BCUT2D eigenvalue weighted by molar-refractivity contribution is -0.167. The molecule has 0 N–H and O–H groups in total. The third kappa shape index (κ3) is 58.7. The Morgan fingerprint density at radius 2 is 0.527 bits per heavy atom. The van der Waals surface area contributed by atoms with Crippen LogP contribution < -0.4 is 0 Å². The summed E-state index contributed by atoms with van der Waals surface area (Å²) >= 11 is 0. The molecule has 74 heavy (non-hydrogen) atoms. The van der Waals surface area contributed by atoms with Crippen LogP contribution in [0, 0.1) is 0 Å². The standard InChI is InChI=1S/C68H112O6/c1-4-7-10-13-16-19-22-25-27-29-31-32-33-34-35-36-38-39-41-43-46-49-52-55-58-61-67(70)73-64-65(63-72-66(69)60-57-54-51-48-45-24-21-18-15-12-9-6-3)74-68(71)62-59-56-53-50-47-44-42-40-37-30-28-26-23-20-17-14-11-8-5-2/h7-8,10-11,16-21,25-28,31-32,34-35,37,40,65H,4-6,9,12-15,22-24,29-30,33,36,38-39,41-64H2,1-3H3/b10-7-,11-8-,19-16-,20-17-,21-18-,27-25-,28-26-,32-31-,35-34-,40-37-. The number of hydrogen-bond acceptors (Lipinski definition) is 6. The number of rotatable bonds is 54. The Hall–Kier alpha value is -4.19. The zero-order valence-electron chi connectivity index (χ0n) is 48.1. The van der Waals surface area contributed by atoms with E-state index in [1.165, 1.54) is 89.9 Å². The van der Waals surface area contributed by atoms with E-state index in [2.05, 4.69) is 142 Å². The Kier molecular flexibility index (Phi) is 57.9. The fraction of sp³-hybridized carbons (Fsp3) is 0.662. The number of hydrogen-bond donors (Lipinski definition) is 0. The predicted molar refractivity (Wildman–Crippen MR) is 320 cm³/mol. The molecule has 0 heterocycles. The van der Waals surface area contributed by atoms with Gasteiger partial charge in [-0.05, 0) is 128 Å². The van der Waals surface area contributed by atoms with Crippen molar-refractivity contribution in [2.75, 3.05) is 13.2 Å². The fourth-order valence-electron chi connectivity index (χ4n) is 8.16. The quantitative estimate of drug-likeness (QED) is 0.0261. The number of esters is 3. The summed E-state index contributed by atoms with van der Waals surface area (Å²) in [5, 5.41) is 0. The van der Waals surface area contributed by atoms with Gasteiger partial charge in [0.1, 0.15) is 13.2 Å². The van der Waals surface area contributed by atoms with Crippen molar-refractivity contribution < 1.29 is 28.6 Å². The molecule has 0 spiro atoms. The first-order valence-electron chi connectivity index (χ1n) is 30.5. The topological polar surface area (TPSA) is 78.9 Å². The summed E-state index contributed by atoms with van der Waals surface area (Å²) in [6, 6.07) is 0. The largest absolute Gasteiger partial charge is 0.462 e. The molecule has 6 heteroatoms. The van der Waals surface area contributed by atoms with Gasteiger partial charge >= 0.3 is 17.9 Å². The summed E-state index contributed by atoms with van der Waals surface area (Å²) in [6.45, 7) is 6.37. The molecule has 0 aliphatic heterocycles. The molecule has 0 aromatic heterocycles. The maximum absolute atomic E-state index is 12.9. The van der Waals surface area contributed by atoms with Crippen molar-refractivity contribution in [1.82, 2.24) is 0 Å². The molecule has 1 unspecified atom stereocenters.